The minimum atomic E-state index is -0.185. The molecule has 1 aromatic carbocycles. The Labute approximate surface area is 152 Å². The van der Waals surface area contributed by atoms with Crippen molar-refractivity contribution in [1.82, 2.24) is 10.3 Å². The summed E-state index contributed by atoms with van der Waals surface area (Å²) < 4.78 is 5.92. The van der Waals surface area contributed by atoms with Gasteiger partial charge >= 0.3 is 0 Å². The molecule has 5 nitrogen and oxygen atoms in total. The molecule has 0 radical (unpaired) electrons. The molecule has 0 bridgehead atoms. The van der Waals surface area contributed by atoms with Gasteiger partial charge in [-0.3, -0.25) is 4.79 Å². The van der Waals surface area contributed by atoms with E-state index in [1.165, 1.54) is 24.2 Å². The predicted molar refractivity (Wildman–Crippen MR) is 97.8 cm³/mol. The fourth-order valence-electron chi connectivity index (χ4n) is 2.21. The first-order valence-electron chi connectivity index (χ1n) is 7.80. The average molecular weight is 368 g/mol. The number of benzene rings is 1. The zero-order valence-corrected chi connectivity index (χ0v) is 15.2. The van der Waals surface area contributed by atoms with Crippen molar-refractivity contribution in [3.63, 3.8) is 0 Å². The van der Waals surface area contributed by atoms with E-state index >= 15 is 0 Å². The Kier molecular flexibility index (Phi) is 6.60. The monoisotopic (exact) mass is 367 g/mol. The van der Waals surface area contributed by atoms with Gasteiger partial charge in [0.25, 0.3) is 5.91 Å². The van der Waals surface area contributed by atoms with Crippen molar-refractivity contribution >= 4 is 29.7 Å². The molecule has 0 unspecified atom stereocenters. The quantitative estimate of drug-likeness (QED) is 0.788. The van der Waals surface area contributed by atoms with E-state index in [9.17, 15) is 4.79 Å². The van der Waals surface area contributed by atoms with Crippen molar-refractivity contribution in [2.75, 3.05) is 6.61 Å². The van der Waals surface area contributed by atoms with E-state index in [1.54, 1.807) is 5.38 Å². The summed E-state index contributed by atoms with van der Waals surface area (Å²) in [7, 11) is 0. The maximum Gasteiger partial charge on any atom is 0.271 e. The molecular weight excluding hydrogens is 346 g/mol. The molecular formula is C17H22ClN3O2S. The molecule has 0 spiro atoms. The summed E-state index contributed by atoms with van der Waals surface area (Å²) in [5.41, 5.74) is 8.08. The number of hydrogen-bond donors (Lipinski definition) is 2. The van der Waals surface area contributed by atoms with Crippen LogP contribution >= 0.6 is 23.7 Å². The maximum atomic E-state index is 12.2. The second-order valence-corrected chi connectivity index (χ2v) is 6.82. The highest BCUT2D eigenvalue weighted by atomic mass is 35.5. The van der Waals surface area contributed by atoms with Crippen molar-refractivity contribution in [2.24, 2.45) is 11.7 Å². The molecule has 7 heteroatoms. The Hall–Kier alpha value is -1.63. The number of carbonyl (C=O) groups excluding carboxylic acids is 1. The highest BCUT2D eigenvalue weighted by Gasteiger charge is 2.22. The first-order valence-corrected chi connectivity index (χ1v) is 8.68. The van der Waals surface area contributed by atoms with Gasteiger partial charge in [-0.05, 0) is 37.3 Å². The van der Waals surface area contributed by atoms with Gasteiger partial charge in [0.15, 0.2) is 0 Å². The SMILES string of the molecule is Cc1ccc(CNC(=O)c2csc(CN)n2)c(OCC2CC2)c1.Cl. The molecule has 3 N–H and O–H groups in total. The third-order valence-corrected chi connectivity index (χ3v) is 4.66. The molecule has 1 aliphatic rings. The summed E-state index contributed by atoms with van der Waals surface area (Å²) in [5, 5.41) is 5.40. The molecule has 1 fully saturated rings. The second-order valence-electron chi connectivity index (χ2n) is 5.88. The van der Waals surface area contributed by atoms with Crippen LogP contribution in [0.25, 0.3) is 0 Å². The number of carbonyl (C=O) groups is 1. The number of aryl methyl sites for hydroxylation is 1. The lowest BCUT2D eigenvalue weighted by Gasteiger charge is -2.12. The van der Waals surface area contributed by atoms with Crippen LogP contribution in [0.15, 0.2) is 23.6 Å². The number of hydrogen-bond acceptors (Lipinski definition) is 5. The van der Waals surface area contributed by atoms with Gasteiger partial charge < -0.3 is 15.8 Å². The number of nitrogens with one attached hydrogen (secondary N) is 1. The smallest absolute Gasteiger partial charge is 0.271 e. The number of rotatable bonds is 7. The van der Waals surface area contributed by atoms with Gasteiger partial charge in [-0.15, -0.1) is 23.7 Å². The summed E-state index contributed by atoms with van der Waals surface area (Å²) in [6.07, 6.45) is 2.51. The minimum Gasteiger partial charge on any atom is -0.493 e. The van der Waals surface area contributed by atoms with Gasteiger partial charge in [0.05, 0.1) is 6.61 Å². The molecule has 2 aromatic rings. The predicted octanol–water partition coefficient (Wildman–Crippen LogP) is 3.05. The summed E-state index contributed by atoms with van der Waals surface area (Å²) in [5.74, 6) is 1.37. The number of halogens is 1. The van der Waals surface area contributed by atoms with Gasteiger partial charge in [0, 0.05) is 24.0 Å². The zero-order chi connectivity index (χ0) is 16.2. The van der Waals surface area contributed by atoms with Crippen LogP contribution in [0, 0.1) is 12.8 Å². The maximum absolute atomic E-state index is 12.2. The number of thiazole rings is 1. The lowest BCUT2D eigenvalue weighted by Crippen LogP contribution is -2.23. The summed E-state index contributed by atoms with van der Waals surface area (Å²) >= 11 is 1.40. The van der Waals surface area contributed by atoms with Crippen LogP contribution in [-0.2, 0) is 13.1 Å². The van der Waals surface area contributed by atoms with E-state index in [0.717, 1.165) is 28.5 Å². The zero-order valence-electron chi connectivity index (χ0n) is 13.6. The van der Waals surface area contributed by atoms with Crippen LogP contribution in [-0.4, -0.2) is 17.5 Å². The number of aromatic nitrogens is 1. The summed E-state index contributed by atoms with van der Waals surface area (Å²) in [6.45, 7) is 3.58. The topological polar surface area (TPSA) is 77.2 Å². The van der Waals surface area contributed by atoms with Crippen molar-refractivity contribution in [3.8, 4) is 5.75 Å². The standard InChI is InChI=1S/C17H21N3O2S.ClH/c1-11-2-5-13(15(6-11)22-9-12-3-4-12)8-19-17(21)14-10-23-16(7-18)20-14;/h2,5-6,10,12H,3-4,7-9,18H2,1H3,(H,19,21);1H. The number of nitrogens with zero attached hydrogens (tertiary/aromatic N) is 1. The summed E-state index contributed by atoms with van der Waals surface area (Å²) in [4.78, 5) is 16.3. The number of ether oxygens (including phenoxy) is 1. The normalized spacial score (nSPS) is 13.2. The fourth-order valence-corrected chi connectivity index (χ4v) is 2.86. The van der Waals surface area contributed by atoms with Crippen LogP contribution in [0.4, 0.5) is 0 Å². The Morgan fingerprint density at radius 3 is 2.92 bits per heavy atom. The van der Waals surface area contributed by atoms with E-state index in [1.807, 2.05) is 25.1 Å². The summed E-state index contributed by atoms with van der Waals surface area (Å²) in [6, 6.07) is 6.06. The van der Waals surface area contributed by atoms with Gasteiger partial charge in [-0.2, -0.15) is 0 Å². The highest BCUT2D eigenvalue weighted by molar-refractivity contribution is 7.09. The minimum absolute atomic E-state index is 0. The van der Waals surface area contributed by atoms with Crippen molar-refractivity contribution < 1.29 is 9.53 Å². The molecule has 1 amide bonds. The Bertz CT molecular complexity index is 701. The van der Waals surface area contributed by atoms with Crippen molar-refractivity contribution in [2.45, 2.75) is 32.9 Å². The molecule has 130 valence electrons. The van der Waals surface area contributed by atoms with E-state index < -0.39 is 0 Å². The van der Waals surface area contributed by atoms with Crippen LogP contribution in [0.2, 0.25) is 0 Å². The van der Waals surface area contributed by atoms with Crippen LogP contribution in [0.3, 0.4) is 0 Å². The fraction of sp³-hybridized carbons (Fsp3) is 0.412. The third-order valence-electron chi connectivity index (χ3n) is 3.79. The lowest BCUT2D eigenvalue weighted by molar-refractivity contribution is 0.0946. The lowest BCUT2D eigenvalue weighted by atomic mass is 10.1. The highest BCUT2D eigenvalue weighted by Crippen LogP contribution is 2.30. The third kappa shape index (κ3) is 4.93. The molecule has 1 aliphatic carbocycles. The Balaban J connectivity index is 0.00000208. The van der Waals surface area contributed by atoms with Crippen LogP contribution in [0.1, 0.15) is 39.5 Å². The number of nitrogens with two attached hydrogens (primary N) is 1. The van der Waals surface area contributed by atoms with E-state index in [2.05, 4.69) is 10.3 Å². The van der Waals surface area contributed by atoms with Gasteiger partial charge in [-0.25, -0.2) is 4.98 Å². The van der Waals surface area contributed by atoms with Gasteiger partial charge in [0.2, 0.25) is 0 Å². The first-order chi connectivity index (χ1) is 11.2. The number of amides is 1. The molecule has 1 heterocycles. The Morgan fingerprint density at radius 1 is 1.46 bits per heavy atom. The van der Waals surface area contributed by atoms with Crippen molar-refractivity contribution in [1.29, 1.82) is 0 Å². The van der Waals surface area contributed by atoms with E-state index in [-0.39, 0.29) is 18.3 Å². The van der Waals surface area contributed by atoms with E-state index in [0.29, 0.717) is 24.7 Å². The van der Waals surface area contributed by atoms with Gasteiger partial charge in [0.1, 0.15) is 16.5 Å². The Morgan fingerprint density at radius 2 is 2.25 bits per heavy atom. The second kappa shape index (κ2) is 8.46. The van der Waals surface area contributed by atoms with E-state index in [4.69, 9.17) is 10.5 Å². The van der Waals surface area contributed by atoms with Crippen LogP contribution in [0.5, 0.6) is 5.75 Å². The largest absolute Gasteiger partial charge is 0.493 e. The average Bonchev–Trinajstić information content (AvgIpc) is 3.26. The molecule has 3 rings (SSSR count). The molecule has 0 aliphatic heterocycles. The van der Waals surface area contributed by atoms with Crippen LogP contribution < -0.4 is 15.8 Å². The van der Waals surface area contributed by atoms with Crippen molar-refractivity contribution in [3.05, 3.63) is 45.4 Å². The first kappa shape index (κ1) is 18.7. The molecule has 1 aromatic heterocycles. The molecule has 0 saturated heterocycles. The van der Waals surface area contributed by atoms with Gasteiger partial charge in [-0.1, -0.05) is 12.1 Å². The molecule has 0 atom stereocenters. The molecule has 24 heavy (non-hydrogen) atoms. The molecule has 1 saturated carbocycles.